The van der Waals surface area contributed by atoms with Crippen molar-refractivity contribution in [2.45, 2.75) is 32.7 Å². The number of amides is 1. The van der Waals surface area contributed by atoms with Gasteiger partial charge in [-0.2, -0.15) is 0 Å². The van der Waals surface area contributed by atoms with E-state index in [0.29, 0.717) is 12.0 Å². The Morgan fingerprint density at radius 3 is 2.52 bits per heavy atom. The summed E-state index contributed by atoms with van der Waals surface area (Å²) in [5, 5.41) is 0. The van der Waals surface area contributed by atoms with Crippen LogP contribution in [0.1, 0.15) is 26.7 Å². The molecular formula is C16H31N3O3S. The van der Waals surface area contributed by atoms with E-state index in [1.54, 1.807) is 6.92 Å². The average Bonchev–Trinajstić information content (AvgIpc) is 2.66. The highest BCUT2D eigenvalue weighted by atomic mass is 32.2. The Labute approximate surface area is 140 Å². The van der Waals surface area contributed by atoms with E-state index in [0.717, 1.165) is 58.7 Å². The molecule has 6 nitrogen and oxygen atoms in total. The van der Waals surface area contributed by atoms with Gasteiger partial charge in [0.1, 0.15) is 9.84 Å². The van der Waals surface area contributed by atoms with Crippen LogP contribution in [0.25, 0.3) is 0 Å². The highest BCUT2D eigenvalue weighted by Gasteiger charge is 2.34. The van der Waals surface area contributed by atoms with Gasteiger partial charge in [0.2, 0.25) is 5.91 Å². The number of rotatable bonds is 5. The number of carbonyl (C=O) groups excluding carboxylic acids is 1. The van der Waals surface area contributed by atoms with Gasteiger partial charge in [0.15, 0.2) is 0 Å². The highest BCUT2D eigenvalue weighted by Crippen LogP contribution is 2.23. The van der Waals surface area contributed by atoms with Crippen molar-refractivity contribution in [3.63, 3.8) is 0 Å². The van der Waals surface area contributed by atoms with Crippen LogP contribution in [0.5, 0.6) is 0 Å². The number of nitrogens with zero attached hydrogens (tertiary/aromatic N) is 3. The molecule has 0 N–H and O–H groups in total. The lowest BCUT2D eigenvalue weighted by Gasteiger charge is -2.30. The maximum Gasteiger partial charge on any atom is 0.219 e. The SMILES string of the molecule is CC(=O)N1CCCN([C@H]2CN(CCCS(C)(=O)=O)C[C@H]2C)CC1. The fourth-order valence-corrected chi connectivity index (χ4v) is 4.49. The van der Waals surface area contributed by atoms with Crippen molar-refractivity contribution < 1.29 is 13.2 Å². The summed E-state index contributed by atoms with van der Waals surface area (Å²) in [5.74, 6) is 1.05. The first-order chi connectivity index (χ1) is 10.8. The predicted octanol–water partition coefficient (Wildman–Crippen LogP) is 0.296. The monoisotopic (exact) mass is 345 g/mol. The Balaban J connectivity index is 1.82. The van der Waals surface area contributed by atoms with E-state index in [1.807, 2.05) is 4.90 Å². The third kappa shape index (κ3) is 5.72. The molecule has 0 saturated carbocycles. The van der Waals surface area contributed by atoms with Crippen molar-refractivity contribution in [3.8, 4) is 0 Å². The van der Waals surface area contributed by atoms with Gasteiger partial charge in [-0.15, -0.1) is 0 Å². The minimum absolute atomic E-state index is 0.175. The predicted molar refractivity (Wildman–Crippen MR) is 92.2 cm³/mol. The van der Waals surface area contributed by atoms with Gasteiger partial charge in [0.05, 0.1) is 5.75 Å². The van der Waals surface area contributed by atoms with Crippen molar-refractivity contribution in [2.75, 3.05) is 57.8 Å². The number of hydrogen-bond donors (Lipinski definition) is 0. The minimum Gasteiger partial charge on any atom is -0.342 e. The van der Waals surface area contributed by atoms with Crippen molar-refractivity contribution >= 4 is 15.7 Å². The molecule has 2 aliphatic heterocycles. The summed E-state index contributed by atoms with van der Waals surface area (Å²) in [6, 6.07) is 0.528. The van der Waals surface area contributed by atoms with Gasteiger partial charge >= 0.3 is 0 Å². The molecule has 2 aliphatic rings. The molecule has 2 atom stereocenters. The molecule has 0 aromatic heterocycles. The van der Waals surface area contributed by atoms with E-state index in [4.69, 9.17) is 0 Å². The van der Waals surface area contributed by atoms with Gasteiger partial charge in [0, 0.05) is 58.5 Å². The molecule has 2 fully saturated rings. The summed E-state index contributed by atoms with van der Waals surface area (Å²) < 4.78 is 22.5. The van der Waals surface area contributed by atoms with Crippen LogP contribution in [0.3, 0.4) is 0 Å². The lowest BCUT2D eigenvalue weighted by Crippen LogP contribution is -2.43. The number of hydrogen-bond acceptors (Lipinski definition) is 5. The molecule has 0 unspecified atom stereocenters. The van der Waals surface area contributed by atoms with Crippen LogP contribution in [0.15, 0.2) is 0 Å². The zero-order valence-corrected chi connectivity index (χ0v) is 15.5. The van der Waals surface area contributed by atoms with Gasteiger partial charge < -0.3 is 9.80 Å². The summed E-state index contributed by atoms with van der Waals surface area (Å²) in [4.78, 5) is 18.4. The van der Waals surface area contributed by atoms with E-state index in [2.05, 4.69) is 16.7 Å². The van der Waals surface area contributed by atoms with Crippen molar-refractivity contribution in [1.82, 2.24) is 14.7 Å². The largest absolute Gasteiger partial charge is 0.342 e. The Morgan fingerprint density at radius 2 is 1.87 bits per heavy atom. The molecule has 1 amide bonds. The summed E-state index contributed by atoms with van der Waals surface area (Å²) in [6.07, 6.45) is 3.06. The highest BCUT2D eigenvalue weighted by molar-refractivity contribution is 7.90. The van der Waals surface area contributed by atoms with Crippen LogP contribution < -0.4 is 0 Å². The molecule has 0 spiro atoms. The zero-order valence-electron chi connectivity index (χ0n) is 14.7. The third-order valence-electron chi connectivity index (χ3n) is 5.08. The molecule has 134 valence electrons. The first kappa shape index (κ1) is 18.7. The van der Waals surface area contributed by atoms with Crippen LogP contribution >= 0.6 is 0 Å². The average molecular weight is 346 g/mol. The fraction of sp³-hybridized carbons (Fsp3) is 0.938. The quantitative estimate of drug-likeness (QED) is 0.717. The summed E-state index contributed by atoms with van der Waals surface area (Å²) in [7, 11) is -2.86. The van der Waals surface area contributed by atoms with E-state index in [1.165, 1.54) is 6.26 Å². The zero-order chi connectivity index (χ0) is 17.0. The Hall–Kier alpha value is -0.660. The third-order valence-corrected chi connectivity index (χ3v) is 6.11. The molecule has 2 saturated heterocycles. The van der Waals surface area contributed by atoms with E-state index >= 15 is 0 Å². The normalized spacial score (nSPS) is 28.0. The van der Waals surface area contributed by atoms with Crippen LogP contribution in [0, 0.1) is 5.92 Å². The lowest BCUT2D eigenvalue weighted by atomic mass is 10.0. The second-order valence-electron chi connectivity index (χ2n) is 7.18. The van der Waals surface area contributed by atoms with E-state index in [-0.39, 0.29) is 11.7 Å². The molecule has 7 heteroatoms. The lowest BCUT2D eigenvalue weighted by molar-refractivity contribution is -0.128. The number of carbonyl (C=O) groups is 1. The molecule has 0 aromatic carbocycles. The molecule has 0 bridgehead atoms. The van der Waals surface area contributed by atoms with Gasteiger partial charge in [0.25, 0.3) is 0 Å². The molecule has 0 aliphatic carbocycles. The summed E-state index contributed by atoms with van der Waals surface area (Å²) in [6.45, 7) is 10.6. The van der Waals surface area contributed by atoms with Gasteiger partial charge in [-0.3, -0.25) is 9.69 Å². The second kappa shape index (κ2) is 7.94. The number of likely N-dealkylation sites (tertiary alicyclic amines) is 1. The summed E-state index contributed by atoms with van der Waals surface area (Å²) >= 11 is 0. The van der Waals surface area contributed by atoms with Gasteiger partial charge in [-0.05, 0) is 25.3 Å². The molecule has 23 heavy (non-hydrogen) atoms. The number of sulfone groups is 1. The Kier molecular flexibility index (Phi) is 6.45. The van der Waals surface area contributed by atoms with Crippen LogP contribution in [-0.2, 0) is 14.6 Å². The molecule has 2 heterocycles. The molecule has 0 aromatic rings. The maximum atomic E-state index is 11.5. The topological polar surface area (TPSA) is 60.9 Å². The van der Waals surface area contributed by atoms with Crippen molar-refractivity contribution in [2.24, 2.45) is 5.92 Å². The van der Waals surface area contributed by atoms with Crippen molar-refractivity contribution in [3.05, 3.63) is 0 Å². The van der Waals surface area contributed by atoms with Gasteiger partial charge in [-0.1, -0.05) is 6.92 Å². The fourth-order valence-electron chi connectivity index (χ4n) is 3.84. The molecule has 0 radical (unpaired) electrons. The van der Waals surface area contributed by atoms with E-state index < -0.39 is 9.84 Å². The van der Waals surface area contributed by atoms with Crippen LogP contribution in [-0.4, -0.2) is 92.9 Å². The second-order valence-corrected chi connectivity index (χ2v) is 9.44. The van der Waals surface area contributed by atoms with Crippen LogP contribution in [0.2, 0.25) is 0 Å². The minimum atomic E-state index is -2.86. The first-order valence-corrected chi connectivity index (χ1v) is 10.7. The smallest absolute Gasteiger partial charge is 0.219 e. The Bertz CT molecular complexity index is 509. The summed E-state index contributed by atoms with van der Waals surface area (Å²) in [5.41, 5.74) is 0. The van der Waals surface area contributed by atoms with Crippen LogP contribution in [0.4, 0.5) is 0 Å². The van der Waals surface area contributed by atoms with E-state index in [9.17, 15) is 13.2 Å². The molecular weight excluding hydrogens is 314 g/mol. The Morgan fingerprint density at radius 1 is 1.13 bits per heavy atom. The van der Waals surface area contributed by atoms with Gasteiger partial charge in [-0.25, -0.2) is 8.42 Å². The van der Waals surface area contributed by atoms with Crippen molar-refractivity contribution in [1.29, 1.82) is 0 Å². The standard InChI is InChI=1S/C16H31N3O3S/c1-14-12-17(6-5-11-23(3,21)22)13-16(14)19-8-4-7-18(9-10-19)15(2)20/h14,16H,4-13H2,1-3H3/t14-,16+/m1/s1. The maximum absolute atomic E-state index is 11.5. The first-order valence-electron chi connectivity index (χ1n) is 8.66. The molecule has 2 rings (SSSR count).